The van der Waals surface area contributed by atoms with Gasteiger partial charge in [-0.05, 0) is 44.4 Å². The Morgan fingerprint density at radius 3 is 2.85 bits per heavy atom. The Bertz CT molecular complexity index is 799. The highest BCUT2D eigenvalue weighted by Crippen LogP contribution is 2.36. The van der Waals surface area contributed by atoms with Gasteiger partial charge in [-0.2, -0.15) is 0 Å². The number of rotatable bonds is 6. The average Bonchev–Trinajstić information content (AvgIpc) is 3.31. The molecule has 8 heteroatoms. The molecule has 140 valence electrons. The zero-order chi connectivity index (χ0) is 18.7. The zero-order valence-electron chi connectivity index (χ0n) is 15.0. The van der Waals surface area contributed by atoms with Gasteiger partial charge in [0.2, 0.25) is 11.8 Å². The lowest BCUT2D eigenvalue weighted by Gasteiger charge is -2.16. The van der Waals surface area contributed by atoms with Crippen LogP contribution in [-0.2, 0) is 16.1 Å². The number of aromatic nitrogens is 1. The molecule has 4 N–H and O–H groups in total. The minimum absolute atomic E-state index is 0.00125. The molecule has 1 aliphatic rings. The van der Waals surface area contributed by atoms with Crippen molar-refractivity contribution in [2.45, 2.75) is 39.7 Å². The van der Waals surface area contributed by atoms with Gasteiger partial charge in [0, 0.05) is 22.6 Å². The Balaban J connectivity index is 1.69. The molecule has 1 fully saturated rings. The van der Waals surface area contributed by atoms with Crippen LogP contribution in [0.15, 0.2) is 12.1 Å². The molecule has 0 bridgehead atoms. The monoisotopic (exact) mass is 392 g/mol. The average molecular weight is 393 g/mol. The number of thiazole rings is 1. The standard InChI is InChI=1S/C18H24N4O2S2/c1-10-16(15-7-6-13(26-15)9-20-11(2)23)21-18(25-10)22-17(24)14-5-3-4-12(14)8-19/h6-7,12,14H,3-5,8-9,19H2,1-2H3,(H,20,23)(H,21,22,24)/t12-,14-/m1/s1. The predicted octanol–water partition coefficient (Wildman–Crippen LogP) is 3.13. The SMILES string of the molecule is CC(=O)NCc1ccc(-c2nc(NC(=O)[C@@H]3CCC[C@@H]3CN)sc2C)s1. The topological polar surface area (TPSA) is 97.1 Å². The Kier molecular flexibility index (Phi) is 6.05. The van der Waals surface area contributed by atoms with Crippen molar-refractivity contribution in [3.8, 4) is 10.6 Å². The summed E-state index contributed by atoms with van der Waals surface area (Å²) in [6.45, 7) is 4.60. The van der Waals surface area contributed by atoms with E-state index in [1.807, 2.05) is 19.1 Å². The molecular weight excluding hydrogens is 368 g/mol. The van der Waals surface area contributed by atoms with Crippen molar-refractivity contribution in [3.63, 3.8) is 0 Å². The summed E-state index contributed by atoms with van der Waals surface area (Å²) < 4.78 is 0. The molecule has 0 saturated heterocycles. The van der Waals surface area contributed by atoms with Crippen molar-refractivity contribution in [1.82, 2.24) is 10.3 Å². The molecule has 0 unspecified atom stereocenters. The summed E-state index contributed by atoms with van der Waals surface area (Å²) in [5, 5.41) is 6.43. The summed E-state index contributed by atoms with van der Waals surface area (Å²) in [7, 11) is 0. The molecule has 26 heavy (non-hydrogen) atoms. The maximum absolute atomic E-state index is 12.6. The number of amides is 2. The van der Waals surface area contributed by atoms with Crippen molar-refractivity contribution in [2.75, 3.05) is 11.9 Å². The number of thiophene rings is 1. The van der Waals surface area contributed by atoms with Crippen LogP contribution in [0.3, 0.4) is 0 Å². The van der Waals surface area contributed by atoms with Gasteiger partial charge >= 0.3 is 0 Å². The molecule has 2 aromatic rings. The van der Waals surface area contributed by atoms with E-state index in [2.05, 4.69) is 15.6 Å². The largest absolute Gasteiger partial charge is 0.351 e. The second kappa shape index (κ2) is 8.28. The lowest BCUT2D eigenvalue weighted by molar-refractivity contribution is -0.121. The lowest BCUT2D eigenvalue weighted by Crippen LogP contribution is -2.29. The summed E-state index contributed by atoms with van der Waals surface area (Å²) in [6, 6.07) is 4.01. The molecular formula is C18H24N4O2S2. The maximum Gasteiger partial charge on any atom is 0.229 e. The van der Waals surface area contributed by atoms with Gasteiger partial charge in [-0.15, -0.1) is 22.7 Å². The second-order valence-electron chi connectivity index (χ2n) is 6.62. The van der Waals surface area contributed by atoms with Gasteiger partial charge in [0.05, 0.1) is 17.1 Å². The summed E-state index contributed by atoms with van der Waals surface area (Å²) in [5.74, 6) is 0.274. The molecule has 0 aromatic carbocycles. The highest BCUT2D eigenvalue weighted by Gasteiger charge is 2.32. The van der Waals surface area contributed by atoms with E-state index in [1.165, 1.54) is 18.3 Å². The number of anilines is 1. The fraction of sp³-hybridized carbons (Fsp3) is 0.500. The number of nitrogens with two attached hydrogens (primary N) is 1. The molecule has 1 aliphatic carbocycles. The van der Waals surface area contributed by atoms with Crippen LogP contribution in [0.4, 0.5) is 5.13 Å². The van der Waals surface area contributed by atoms with Crippen LogP contribution in [-0.4, -0.2) is 23.3 Å². The normalized spacial score (nSPS) is 19.5. The van der Waals surface area contributed by atoms with Crippen molar-refractivity contribution < 1.29 is 9.59 Å². The van der Waals surface area contributed by atoms with Crippen LogP contribution in [0.2, 0.25) is 0 Å². The van der Waals surface area contributed by atoms with Gasteiger partial charge in [0.15, 0.2) is 5.13 Å². The Labute approximate surface area is 161 Å². The first-order valence-corrected chi connectivity index (χ1v) is 10.4. The predicted molar refractivity (Wildman–Crippen MR) is 106 cm³/mol. The fourth-order valence-corrected chi connectivity index (χ4v) is 5.24. The van der Waals surface area contributed by atoms with Crippen molar-refractivity contribution >= 4 is 39.6 Å². The number of hydrogen-bond donors (Lipinski definition) is 3. The van der Waals surface area contributed by atoms with E-state index >= 15 is 0 Å². The fourth-order valence-electron chi connectivity index (χ4n) is 3.35. The van der Waals surface area contributed by atoms with Gasteiger partial charge in [-0.1, -0.05) is 6.42 Å². The molecule has 3 rings (SSSR count). The summed E-state index contributed by atoms with van der Waals surface area (Å²) in [6.07, 6.45) is 3.00. The second-order valence-corrected chi connectivity index (χ2v) is 8.99. The van der Waals surface area contributed by atoms with E-state index in [9.17, 15) is 9.59 Å². The summed E-state index contributed by atoms with van der Waals surface area (Å²) in [4.78, 5) is 31.4. The molecule has 2 atom stereocenters. The smallest absolute Gasteiger partial charge is 0.229 e. The number of aryl methyl sites for hydroxylation is 1. The minimum Gasteiger partial charge on any atom is -0.351 e. The minimum atomic E-state index is -0.0440. The van der Waals surface area contributed by atoms with E-state index in [0.29, 0.717) is 18.2 Å². The molecule has 0 radical (unpaired) electrons. The first-order valence-electron chi connectivity index (χ1n) is 8.79. The van der Waals surface area contributed by atoms with E-state index in [0.717, 1.165) is 39.6 Å². The molecule has 1 saturated carbocycles. The van der Waals surface area contributed by atoms with E-state index < -0.39 is 0 Å². The zero-order valence-corrected chi connectivity index (χ0v) is 16.6. The molecule has 2 amide bonds. The van der Waals surface area contributed by atoms with Crippen LogP contribution >= 0.6 is 22.7 Å². The summed E-state index contributed by atoms with van der Waals surface area (Å²) >= 11 is 3.10. The third kappa shape index (κ3) is 4.31. The van der Waals surface area contributed by atoms with Crippen molar-refractivity contribution in [1.29, 1.82) is 0 Å². The Morgan fingerprint density at radius 2 is 2.12 bits per heavy atom. The molecule has 2 heterocycles. The van der Waals surface area contributed by atoms with Gasteiger partial charge in [0.1, 0.15) is 0 Å². The summed E-state index contributed by atoms with van der Waals surface area (Å²) in [5.41, 5.74) is 6.68. The first kappa shape index (κ1) is 19.0. The van der Waals surface area contributed by atoms with E-state index in [-0.39, 0.29) is 23.7 Å². The highest BCUT2D eigenvalue weighted by molar-refractivity contribution is 7.18. The van der Waals surface area contributed by atoms with Crippen LogP contribution in [0.5, 0.6) is 0 Å². The van der Waals surface area contributed by atoms with Crippen LogP contribution in [0.1, 0.15) is 35.9 Å². The maximum atomic E-state index is 12.6. The molecule has 2 aromatic heterocycles. The molecule has 0 spiro atoms. The third-order valence-electron chi connectivity index (χ3n) is 4.73. The number of nitrogens with one attached hydrogen (secondary N) is 2. The Hall–Kier alpha value is -1.77. The molecule has 6 nitrogen and oxygen atoms in total. The van der Waals surface area contributed by atoms with Crippen LogP contribution in [0, 0.1) is 18.8 Å². The molecule has 0 aliphatic heterocycles. The number of hydrogen-bond acceptors (Lipinski definition) is 6. The number of nitrogens with zero attached hydrogens (tertiary/aromatic N) is 1. The quantitative estimate of drug-likeness (QED) is 0.703. The van der Waals surface area contributed by atoms with Crippen LogP contribution in [0.25, 0.3) is 10.6 Å². The third-order valence-corrected chi connectivity index (χ3v) is 6.71. The van der Waals surface area contributed by atoms with Gasteiger partial charge in [0.25, 0.3) is 0 Å². The van der Waals surface area contributed by atoms with E-state index in [4.69, 9.17) is 5.73 Å². The Morgan fingerprint density at radius 1 is 1.31 bits per heavy atom. The number of carbonyl (C=O) groups excluding carboxylic acids is 2. The van der Waals surface area contributed by atoms with E-state index in [1.54, 1.807) is 11.3 Å². The van der Waals surface area contributed by atoms with Gasteiger partial charge < -0.3 is 16.4 Å². The lowest BCUT2D eigenvalue weighted by atomic mass is 9.95. The highest BCUT2D eigenvalue weighted by atomic mass is 32.1. The van der Waals surface area contributed by atoms with Crippen molar-refractivity contribution in [2.24, 2.45) is 17.6 Å². The van der Waals surface area contributed by atoms with Gasteiger partial charge in [-0.3, -0.25) is 9.59 Å². The number of carbonyl (C=O) groups is 2. The van der Waals surface area contributed by atoms with Gasteiger partial charge in [-0.25, -0.2) is 4.98 Å². The van der Waals surface area contributed by atoms with Crippen molar-refractivity contribution in [3.05, 3.63) is 21.9 Å². The first-order chi connectivity index (χ1) is 12.5. The van der Waals surface area contributed by atoms with Crippen LogP contribution < -0.4 is 16.4 Å².